The third-order valence-corrected chi connectivity index (χ3v) is 8.30. The summed E-state index contributed by atoms with van der Waals surface area (Å²) >= 11 is 0. The molecule has 0 amide bonds. The van der Waals surface area contributed by atoms with Gasteiger partial charge in [0.05, 0.1) is 0 Å². The van der Waals surface area contributed by atoms with E-state index in [2.05, 4.69) is 27.9 Å². The molecule has 0 bridgehead atoms. The van der Waals surface area contributed by atoms with Crippen molar-refractivity contribution in [1.29, 1.82) is 0 Å². The molecule has 0 unspecified atom stereocenters. The Morgan fingerprint density at radius 1 is 0.152 bits per heavy atom. The van der Waals surface area contributed by atoms with Crippen molar-refractivity contribution >= 4 is 39.3 Å². The number of benzene rings is 6. The van der Waals surface area contributed by atoms with Gasteiger partial charge in [-0.3, -0.25) is 0 Å². The van der Waals surface area contributed by atoms with Gasteiger partial charge in [-0.05, 0) is 0 Å². The number of hydrogen-bond acceptors (Lipinski definition) is 9. The van der Waals surface area contributed by atoms with Crippen LogP contribution in [0.25, 0.3) is 0 Å². The molecule has 6 rings (SSSR count). The third-order valence-electron chi connectivity index (χ3n) is 8.30. The van der Waals surface area contributed by atoms with E-state index in [1.54, 1.807) is 0 Å². The second-order valence-corrected chi connectivity index (χ2v) is 13.0. The molecule has 0 aliphatic rings. The van der Waals surface area contributed by atoms with Gasteiger partial charge in [-0.25, -0.2) is 79.0 Å². The Hall–Kier alpha value is -7.37. The van der Waals surface area contributed by atoms with Crippen LogP contribution in [0, 0.1) is 175 Å². The van der Waals surface area contributed by atoms with Gasteiger partial charge in [0.25, 0.3) is 0 Å². The maximum atomic E-state index is 13.3. The molecule has 0 N–H and O–H groups in total. The predicted molar refractivity (Wildman–Crippen MR) is 184 cm³/mol. The van der Waals surface area contributed by atoms with Crippen LogP contribution in [0.1, 0.15) is 0 Å². The van der Waals surface area contributed by atoms with Gasteiger partial charge in [0, 0.05) is 0 Å². The van der Waals surface area contributed by atoms with Crippen LogP contribution in [0.3, 0.4) is 0 Å². The zero-order chi connectivity index (χ0) is 59.8. The van der Waals surface area contributed by atoms with Gasteiger partial charge in [0.2, 0.25) is 175 Å². The van der Waals surface area contributed by atoms with E-state index >= 15 is 0 Å². The average molecular weight is 1210 g/mol. The van der Waals surface area contributed by atoms with E-state index in [0.29, 0.717) is 0 Å². The van der Waals surface area contributed by atoms with Gasteiger partial charge in [-0.1, -0.05) is 0 Å². The van der Waals surface area contributed by atoms with Crippen molar-refractivity contribution in [2.75, 3.05) is 0 Å². The Balaban J connectivity index is 0.000000309. The molecule has 6 aromatic rings. The first-order valence-electron chi connectivity index (χ1n) is 18.0. The number of rotatable bonds is 12. The molecular weight excluding hydrogens is 1210 g/mol. The first-order chi connectivity index (χ1) is 36.0. The van der Waals surface area contributed by atoms with E-state index in [0.717, 1.165) is 0 Å². The summed E-state index contributed by atoms with van der Waals surface area (Å²) in [4.78, 5) is 0. The quantitative estimate of drug-likeness (QED) is 0.0516. The van der Waals surface area contributed by atoms with Crippen LogP contribution < -0.4 is 43.0 Å². The van der Waals surface area contributed by atoms with Crippen LogP contribution >= 0.6 is 0 Å². The van der Waals surface area contributed by atoms with E-state index in [9.17, 15) is 147 Å². The first kappa shape index (κ1) is 65.9. The van der Waals surface area contributed by atoms with Gasteiger partial charge < -0.3 is 43.0 Å². The van der Waals surface area contributed by atoms with Crippen LogP contribution in [0.5, 0.6) is 34.5 Å². The summed E-state index contributed by atoms with van der Waals surface area (Å²) in [6, 6.07) is 0. The molecule has 43 heteroatoms. The molecule has 0 spiro atoms. The van der Waals surface area contributed by atoms with E-state index in [1.807, 2.05) is 0 Å². The largest absolute Gasteiger partial charge is 3.00 e. The maximum Gasteiger partial charge on any atom is 3.00 e. The summed E-state index contributed by atoms with van der Waals surface area (Å²) in [5, 5.41) is 33.9. The minimum absolute atomic E-state index is 0. The van der Waals surface area contributed by atoms with E-state index in [4.69, 9.17) is 0 Å². The zero-order valence-electron chi connectivity index (χ0n) is 35.3. The van der Waals surface area contributed by atoms with Crippen molar-refractivity contribution in [3.63, 3.8) is 0 Å². The fraction of sp³-hybridized carbons (Fsp3) is 0. The molecule has 0 radical (unpaired) electrons. The van der Waals surface area contributed by atoms with Crippen molar-refractivity contribution in [2.24, 2.45) is 0 Å². The molecule has 420 valence electrons. The maximum absolute atomic E-state index is 13.3. The van der Waals surface area contributed by atoms with Gasteiger partial charge in [-0.15, -0.1) is 0 Å². The molecule has 79 heavy (non-hydrogen) atoms. The average Bonchev–Trinajstić information content (AvgIpc) is 3.41. The Morgan fingerprint density at radius 3 is 0.291 bits per heavy atom. The summed E-state index contributed by atoms with van der Waals surface area (Å²) < 4.78 is 413. The second kappa shape index (κ2) is 25.6. The minimum Gasteiger partial charge on any atom is -0.808 e. The Labute approximate surface area is 422 Å². The van der Waals surface area contributed by atoms with Crippen LogP contribution in [0.15, 0.2) is 0 Å². The van der Waals surface area contributed by atoms with Crippen molar-refractivity contribution in [3.8, 4) is 34.5 Å². The fourth-order valence-corrected chi connectivity index (χ4v) is 4.78. The molecule has 0 saturated heterocycles. The van der Waals surface area contributed by atoms with Gasteiger partial charge in [0.15, 0.2) is 34.5 Å². The molecular formula is C36AlB3F30O9. The molecule has 0 fully saturated rings. The normalized spacial score (nSPS) is 10.7. The van der Waals surface area contributed by atoms with Gasteiger partial charge in [0.1, 0.15) is 0 Å². The zero-order valence-corrected chi connectivity index (χ0v) is 36.5. The van der Waals surface area contributed by atoms with Crippen LogP contribution in [-0.2, 0) is 0 Å². The summed E-state index contributed by atoms with van der Waals surface area (Å²) in [5.41, 5.74) is 0. The number of halogens is 30. The molecule has 0 atom stereocenters. The van der Waals surface area contributed by atoms with Gasteiger partial charge >= 0.3 is 39.3 Å². The van der Waals surface area contributed by atoms with E-state index < -0.39 is 231 Å². The molecule has 0 aliphatic carbocycles. The molecule has 0 aromatic heterocycles. The van der Waals surface area contributed by atoms with Crippen molar-refractivity contribution in [1.82, 2.24) is 0 Å². The molecule has 6 aromatic carbocycles. The smallest absolute Gasteiger partial charge is 0.808 e. The summed E-state index contributed by atoms with van der Waals surface area (Å²) in [6.07, 6.45) is 0. The SMILES string of the molecule is [Al+3].[O-]B(Oc1c(F)c(F)c(F)c(F)c1F)Oc1c(F)c(F)c(F)c(F)c1F.[O-]B(Oc1c(F)c(F)c(F)c(F)c1F)Oc1c(F)c(F)c(F)c(F)c1F.[O-]B(Oc1c(F)c(F)c(F)c(F)c1F)Oc1c(F)c(F)c(F)c(F)c1F. The topological polar surface area (TPSA) is 125 Å². The molecule has 0 heterocycles. The Bertz CT molecular complexity index is 2640. The number of hydrogen-bond donors (Lipinski definition) is 0. The van der Waals surface area contributed by atoms with Crippen LogP contribution in [-0.4, -0.2) is 39.3 Å². The molecule has 0 saturated carbocycles. The Kier molecular flexibility index (Phi) is 21.4. The predicted octanol–water partition coefficient (Wildman–Crippen LogP) is 8.26. The Morgan fingerprint density at radius 2 is 0.215 bits per heavy atom. The third kappa shape index (κ3) is 12.9. The standard InChI is InChI=1S/3C12BF10O3.Al/c3*14-1-3(16)7(20)11(8(21)4(1)17)25-13(24)26-12-9(22)5(18)2(15)6(19)10(12)23;/q3*-1;+3. The fourth-order valence-electron chi connectivity index (χ4n) is 4.78. The van der Waals surface area contributed by atoms with Crippen LogP contribution in [0.2, 0.25) is 0 Å². The van der Waals surface area contributed by atoms with E-state index in [-0.39, 0.29) is 17.4 Å². The molecule has 9 nitrogen and oxygen atoms in total. The monoisotopic (exact) mass is 1210 g/mol. The van der Waals surface area contributed by atoms with Gasteiger partial charge in [-0.2, -0.15) is 52.7 Å². The molecule has 0 aliphatic heterocycles. The van der Waals surface area contributed by atoms with Crippen LogP contribution in [0.4, 0.5) is 132 Å². The van der Waals surface area contributed by atoms with Crippen molar-refractivity contribution in [3.05, 3.63) is 175 Å². The minimum atomic E-state index is -3.48. The summed E-state index contributed by atoms with van der Waals surface area (Å²) in [5.74, 6) is -90.7. The van der Waals surface area contributed by atoms with Crippen molar-refractivity contribution < 1.29 is 175 Å². The summed E-state index contributed by atoms with van der Waals surface area (Å²) in [6.45, 7) is 0. The first-order valence-corrected chi connectivity index (χ1v) is 18.0. The van der Waals surface area contributed by atoms with Crippen molar-refractivity contribution in [2.45, 2.75) is 0 Å². The van der Waals surface area contributed by atoms with E-state index in [1.165, 1.54) is 0 Å². The second-order valence-electron chi connectivity index (χ2n) is 13.0. The summed E-state index contributed by atoms with van der Waals surface area (Å²) in [7, 11) is -10.4.